The molecule has 0 spiro atoms. The third-order valence-corrected chi connectivity index (χ3v) is 6.56. The van der Waals surface area contributed by atoms with Crippen LogP contribution in [0.1, 0.15) is 27.0 Å². The molecule has 1 amide bonds. The summed E-state index contributed by atoms with van der Waals surface area (Å²) in [6.07, 6.45) is 1.15. The summed E-state index contributed by atoms with van der Waals surface area (Å²) < 4.78 is 37.2. The summed E-state index contributed by atoms with van der Waals surface area (Å²) in [5, 5.41) is 2.83. The summed E-state index contributed by atoms with van der Waals surface area (Å²) in [6, 6.07) is 19.7. The Morgan fingerprint density at radius 2 is 1.68 bits per heavy atom. The summed E-state index contributed by atoms with van der Waals surface area (Å²) in [6.45, 7) is 4.91. The Bertz CT molecular complexity index is 1240. The second kappa shape index (κ2) is 11.1. The van der Waals surface area contributed by atoms with Crippen LogP contribution in [0, 0.1) is 13.8 Å². The van der Waals surface area contributed by atoms with Crippen LogP contribution in [0.3, 0.4) is 0 Å². The molecule has 0 bridgehead atoms. The molecule has 0 saturated carbocycles. The topological polar surface area (TPSA) is 84.9 Å². The van der Waals surface area contributed by atoms with Crippen LogP contribution in [0.15, 0.2) is 66.7 Å². The molecule has 3 aromatic carbocycles. The van der Waals surface area contributed by atoms with E-state index in [1.807, 2.05) is 32.0 Å². The molecule has 0 atom stereocenters. The van der Waals surface area contributed by atoms with E-state index in [2.05, 4.69) is 5.32 Å². The Balaban J connectivity index is 1.59. The van der Waals surface area contributed by atoms with Gasteiger partial charge < -0.3 is 14.8 Å². The molecule has 7 nitrogen and oxygen atoms in total. The van der Waals surface area contributed by atoms with Gasteiger partial charge >= 0.3 is 0 Å². The number of anilines is 1. The van der Waals surface area contributed by atoms with Gasteiger partial charge in [0.2, 0.25) is 10.0 Å². The lowest BCUT2D eigenvalue weighted by molar-refractivity contribution is 0.0947. The van der Waals surface area contributed by atoms with E-state index in [0.717, 1.165) is 23.1 Å². The summed E-state index contributed by atoms with van der Waals surface area (Å²) in [4.78, 5) is 12.5. The molecule has 180 valence electrons. The first-order valence-corrected chi connectivity index (χ1v) is 12.7. The van der Waals surface area contributed by atoms with Crippen molar-refractivity contribution < 1.29 is 22.7 Å². The average molecular weight is 483 g/mol. The number of sulfonamides is 1. The smallest absolute Gasteiger partial charge is 0.251 e. The van der Waals surface area contributed by atoms with Crippen LogP contribution in [0.5, 0.6) is 11.5 Å². The second-order valence-corrected chi connectivity index (χ2v) is 9.90. The van der Waals surface area contributed by atoms with Crippen LogP contribution in [0.25, 0.3) is 0 Å². The molecule has 34 heavy (non-hydrogen) atoms. The lowest BCUT2D eigenvalue weighted by Crippen LogP contribution is -2.30. The monoisotopic (exact) mass is 482 g/mol. The highest BCUT2D eigenvalue weighted by atomic mass is 32.2. The molecule has 0 aliphatic rings. The molecule has 0 aliphatic carbocycles. The van der Waals surface area contributed by atoms with Gasteiger partial charge in [-0.3, -0.25) is 9.10 Å². The molecule has 3 aromatic rings. The normalized spacial score (nSPS) is 11.1. The highest BCUT2D eigenvalue weighted by molar-refractivity contribution is 7.92. The Morgan fingerprint density at radius 1 is 0.971 bits per heavy atom. The van der Waals surface area contributed by atoms with Crippen LogP contribution in [-0.4, -0.2) is 40.8 Å². The van der Waals surface area contributed by atoms with E-state index in [4.69, 9.17) is 9.47 Å². The van der Waals surface area contributed by atoms with Gasteiger partial charge in [-0.25, -0.2) is 8.42 Å². The Labute approximate surface area is 201 Å². The molecule has 0 heterocycles. The van der Waals surface area contributed by atoms with Gasteiger partial charge in [-0.2, -0.15) is 0 Å². The largest absolute Gasteiger partial charge is 0.495 e. The molecule has 0 aliphatic heterocycles. The van der Waals surface area contributed by atoms with E-state index in [9.17, 15) is 13.2 Å². The number of para-hydroxylation sites is 2. The number of carbonyl (C=O) groups is 1. The van der Waals surface area contributed by atoms with Crippen molar-refractivity contribution in [1.29, 1.82) is 0 Å². The minimum atomic E-state index is -3.56. The van der Waals surface area contributed by atoms with Crippen molar-refractivity contribution in [3.63, 3.8) is 0 Å². The number of nitrogens with zero attached hydrogens (tertiary/aromatic N) is 1. The first-order valence-electron chi connectivity index (χ1n) is 10.9. The highest BCUT2D eigenvalue weighted by Gasteiger charge is 2.21. The van der Waals surface area contributed by atoms with E-state index < -0.39 is 10.0 Å². The summed E-state index contributed by atoms with van der Waals surface area (Å²) in [7, 11) is -2.06. The third kappa shape index (κ3) is 6.51. The third-order valence-electron chi connectivity index (χ3n) is 5.43. The molecule has 0 saturated heterocycles. The molecule has 8 heteroatoms. The maximum Gasteiger partial charge on any atom is 0.251 e. The molecule has 0 radical (unpaired) electrons. The number of aryl methyl sites for hydroxylation is 2. The fourth-order valence-electron chi connectivity index (χ4n) is 3.38. The SMILES string of the molecule is COc1ccccc1N(Cc1ccc(C(=O)NCCOc2ccc(C)c(C)c2)cc1)S(C)(=O)=O. The number of carbonyl (C=O) groups excluding carboxylic acids is 1. The number of rotatable bonds is 10. The van der Waals surface area contributed by atoms with E-state index in [1.165, 1.54) is 17.0 Å². The van der Waals surface area contributed by atoms with Crippen molar-refractivity contribution in [3.05, 3.63) is 89.0 Å². The Morgan fingerprint density at radius 3 is 2.32 bits per heavy atom. The first-order chi connectivity index (χ1) is 16.2. The van der Waals surface area contributed by atoms with Crippen molar-refractivity contribution in [2.45, 2.75) is 20.4 Å². The van der Waals surface area contributed by atoms with Gasteiger partial charge in [-0.15, -0.1) is 0 Å². The van der Waals surface area contributed by atoms with E-state index in [-0.39, 0.29) is 12.5 Å². The van der Waals surface area contributed by atoms with Crippen molar-refractivity contribution >= 4 is 21.6 Å². The number of hydrogen-bond acceptors (Lipinski definition) is 5. The predicted molar refractivity (Wildman–Crippen MR) is 134 cm³/mol. The van der Waals surface area contributed by atoms with Crippen LogP contribution < -0.4 is 19.1 Å². The molecule has 3 rings (SSSR count). The first kappa shape index (κ1) is 25.1. The van der Waals surface area contributed by atoms with Gasteiger partial charge in [0, 0.05) is 5.56 Å². The minimum Gasteiger partial charge on any atom is -0.495 e. The number of methoxy groups -OCH3 is 1. The van der Waals surface area contributed by atoms with Crippen LogP contribution in [-0.2, 0) is 16.6 Å². The summed E-state index contributed by atoms with van der Waals surface area (Å²) in [5.74, 6) is 1.01. The van der Waals surface area contributed by atoms with Crippen LogP contribution in [0.2, 0.25) is 0 Å². The number of amides is 1. The van der Waals surface area contributed by atoms with Gasteiger partial charge in [0.25, 0.3) is 5.91 Å². The Hall–Kier alpha value is -3.52. The van der Waals surface area contributed by atoms with Crippen molar-refractivity contribution in [2.24, 2.45) is 0 Å². The second-order valence-electron chi connectivity index (χ2n) is 7.99. The van der Waals surface area contributed by atoms with Gasteiger partial charge in [0.05, 0.1) is 32.1 Å². The molecule has 0 fully saturated rings. The minimum absolute atomic E-state index is 0.116. The van der Waals surface area contributed by atoms with Gasteiger partial charge in [-0.1, -0.05) is 30.3 Å². The lowest BCUT2D eigenvalue weighted by Gasteiger charge is -2.24. The molecule has 0 unspecified atom stereocenters. The standard InChI is InChI=1S/C26H30N2O5S/c1-19-9-14-23(17-20(19)2)33-16-15-27-26(29)22-12-10-21(11-13-22)18-28(34(4,30)31)24-7-5-6-8-25(24)32-3/h5-14,17H,15-16,18H2,1-4H3,(H,27,29). The number of nitrogens with one attached hydrogen (secondary N) is 1. The van der Waals surface area contributed by atoms with E-state index >= 15 is 0 Å². The Kier molecular flexibility index (Phi) is 8.17. The quantitative estimate of drug-likeness (QED) is 0.440. The zero-order valence-corrected chi connectivity index (χ0v) is 20.7. The van der Waals surface area contributed by atoms with Crippen molar-refractivity contribution in [2.75, 3.05) is 30.8 Å². The zero-order chi connectivity index (χ0) is 24.7. The fourth-order valence-corrected chi connectivity index (χ4v) is 4.28. The van der Waals surface area contributed by atoms with E-state index in [0.29, 0.717) is 30.2 Å². The van der Waals surface area contributed by atoms with Crippen LogP contribution >= 0.6 is 0 Å². The zero-order valence-electron chi connectivity index (χ0n) is 19.9. The number of ether oxygens (including phenoxy) is 2. The fraction of sp³-hybridized carbons (Fsp3) is 0.269. The summed E-state index contributed by atoms with van der Waals surface area (Å²) >= 11 is 0. The molecular weight excluding hydrogens is 452 g/mol. The maximum atomic E-state index is 12.5. The van der Waals surface area contributed by atoms with E-state index in [1.54, 1.807) is 48.5 Å². The molecule has 1 N–H and O–H groups in total. The predicted octanol–water partition coefficient (Wildman–Crippen LogP) is 4.09. The lowest BCUT2D eigenvalue weighted by atomic mass is 10.1. The van der Waals surface area contributed by atoms with Crippen molar-refractivity contribution in [3.8, 4) is 11.5 Å². The van der Waals surface area contributed by atoms with Gasteiger partial charge in [0.1, 0.15) is 18.1 Å². The maximum absolute atomic E-state index is 12.5. The average Bonchev–Trinajstić information content (AvgIpc) is 2.82. The number of hydrogen-bond donors (Lipinski definition) is 1. The van der Waals surface area contributed by atoms with Gasteiger partial charge in [-0.05, 0) is 66.9 Å². The van der Waals surface area contributed by atoms with Gasteiger partial charge in [0.15, 0.2) is 0 Å². The highest BCUT2D eigenvalue weighted by Crippen LogP contribution is 2.30. The molecule has 0 aromatic heterocycles. The number of benzene rings is 3. The van der Waals surface area contributed by atoms with Crippen LogP contribution in [0.4, 0.5) is 5.69 Å². The molecular formula is C26H30N2O5S. The van der Waals surface area contributed by atoms with Crippen molar-refractivity contribution in [1.82, 2.24) is 5.32 Å². The summed E-state index contributed by atoms with van der Waals surface area (Å²) in [5.41, 5.74) is 4.04.